The van der Waals surface area contributed by atoms with Crippen LogP contribution in [-0.4, -0.2) is 10.7 Å². The van der Waals surface area contributed by atoms with Crippen molar-refractivity contribution >= 4 is 11.5 Å². The van der Waals surface area contributed by atoms with E-state index in [9.17, 15) is 14.9 Å². The van der Waals surface area contributed by atoms with E-state index in [1.807, 2.05) is 30.3 Å². The smallest absolute Gasteiger partial charge is 0.269 e. The average Bonchev–Trinajstić information content (AvgIpc) is 2.86. The number of nitrogens with zero attached hydrogens (tertiary/aromatic N) is 1. The minimum Gasteiger partial charge on any atom is -0.293 e. The van der Waals surface area contributed by atoms with Gasteiger partial charge in [0, 0.05) is 17.7 Å². The molecular formula is C20H19NO3. The zero-order chi connectivity index (χ0) is 16.7. The van der Waals surface area contributed by atoms with Crippen molar-refractivity contribution in [2.45, 2.75) is 43.9 Å². The Morgan fingerprint density at radius 3 is 2.21 bits per heavy atom. The first-order chi connectivity index (χ1) is 11.6. The van der Waals surface area contributed by atoms with Crippen LogP contribution in [0.5, 0.6) is 0 Å². The van der Waals surface area contributed by atoms with Crippen molar-refractivity contribution in [1.29, 1.82) is 0 Å². The second-order valence-electron chi connectivity index (χ2n) is 6.86. The molecule has 0 atom stereocenters. The summed E-state index contributed by atoms with van der Waals surface area (Å²) in [7, 11) is 0. The minimum atomic E-state index is -0.591. The Balaban J connectivity index is 2.01. The predicted octanol–water partition coefficient (Wildman–Crippen LogP) is 5.05. The highest BCUT2D eigenvalue weighted by Crippen LogP contribution is 2.50. The number of benzene rings is 2. The largest absolute Gasteiger partial charge is 0.293 e. The topological polar surface area (TPSA) is 60.2 Å². The second-order valence-corrected chi connectivity index (χ2v) is 6.86. The van der Waals surface area contributed by atoms with Crippen LogP contribution in [0.25, 0.3) is 11.1 Å². The predicted molar refractivity (Wildman–Crippen MR) is 92.2 cm³/mol. The number of hydrogen-bond acceptors (Lipinski definition) is 3. The first kappa shape index (κ1) is 15.1. The van der Waals surface area contributed by atoms with Crippen LogP contribution in [0.3, 0.4) is 0 Å². The lowest BCUT2D eigenvalue weighted by molar-refractivity contribution is -0.384. The highest BCUT2D eigenvalue weighted by atomic mass is 16.6. The van der Waals surface area contributed by atoms with Gasteiger partial charge in [0.1, 0.15) is 0 Å². The second kappa shape index (κ2) is 5.55. The van der Waals surface area contributed by atoms with Crippen LogP contribution in [0.2, 0.25) is 0 Å². The number of fused-ring (bicyclic) bond motifs is 4. The molecule has 1 spiro atoms. The van der Waals surface area contributed by atoms with Crippen LogP contribution in [0, 0.1) is 10.1 Å². The van der Waals surface area contributed by atoms with Crippen molar-refractivity contribution in [2.75, 3.05) is 0 Å². The SMILES string of the molecule is O=C1c2ccccc2-c2ccc([N+](=O)[O-])cc2C12CCCCCC2. The first-order valence-corrected chi connectivity index (χ1v) is 8.57. The summed E-state index contributed by atoms with van der Waals surface area (Å²) in [5.41, 5.74) is 3.00. The number of carbonyl (C=O) groups is 1. The van der Waals surface area contributed by atoms with Gasteiger partial charge >= 0.3 is 0 Å². The van der Waals surface area contributed by atoms with E-state index >= 15 is 0 Å². The molecular weight excluding hydrogens is 302 g/mol. The number of nitro groups is 1. The summed E-state index contributed by atoms with van der Waals surface area (Å²) in [6.45, 7) is 0. The quantitative estimate of drug-likeness (QED) is 0.545. The van der Waals surface area contributed by atoms with Crippen LogP contribution < -0.4 is 0 Å². The van der Waals surface area contributed by atoms with Gasteiger partial charge in [-0.1, -0.05) is 49.9 Å². The molecule has 4 nitrogen and oxygen atoms in total. The van der Waals surface area contributed by atoms with Gasteiger partial charge in [-0.15, -0.1) is 0 Å². The molecule has 4 heteroatoms. The summed E-state index contributed by atoms with van der Waals surface area (Å²) in [5.74, 6) is 0.146. The molecule has 2 aliphatic rings. The molecule has 0 bridgehead atoms. The van der Waals surface area contributed by atoms with Crippen LogP contribution >= 0.6 is 0 Å². The molecule has 0 saturated heterocycles. The van der Waals surface area contributed by atoms with E-state index in [2.05, 4.69) is 0 Å². The Hall–Kier alpha value is -2.49. The molecule has 0 aromatic heterocycles. The number of non-ortho nitro benzene ring substituents is 1. The van der Waals surface area contributed by atoms with Gasteiger partial charge in [0.25, 0.3) is 5.69 Å². The van der Waals surface area contributed by atoms with E-state index < -0.39 is 5.41 Å². The van der Waals surface area contributed by atoms with E-state index in [4.69, 9.17) is 0 Å². The number of ketones is 1. The van der Waals surface area contributed by atoms with Gasteiger partial charge in [0.05, 0.1) is 10.3 Å². The van der Waals surface area contributed by atoms with E-state index in [-0.39, 0.29) is 16.4 Å². The molecule has 0 unspecified atom stereocenters. The van der Waals surface area contributed by atoms with Crippen molar-refractivity contribution in [1.82, 2.24) is 0 Å². The highest BCUT2D eigenvalue weighted by Gasteiger charge is 2.46. The van der Waals surface area contributed by atoms with Crippen LogP contribution in [-0.2, 0) is 5.41 Å². The van der Waals surface area contributed by atoms with Gasteiger partial charge in [0.15, 0.2) is 5.78 Å². The lowest BCUT2D eigenvalue weighted by atomic mass is 9.63. The molecule has 1 saturated carbocycles. The summed E-state index contributed by atoms with van der Waals surface area (Å²) in [6, 6.07) is 12.7. The summed E-state index contributed by atoms with van der Waals surface area (Å²) < 4.78 is 0. The van der Waals surface area contributed by atoms with Crippen LogP contribution in [0.15, 0.2) is 42.5 Å². The summed E-state index contributed by atoms with van der Waals surface area (Å²) in [5, 5.41) is 11.3. The van der Waals surface area contributed by atoms with Crippen molar-refractivity contribution in [3.05, 3.63) is 63.7 Å². The molecule has 2 aromatic carbocycles. The van der Waals surface area contributed by atoms with E-state index in [0.717, 1.165) is 60.8 Å². The Kier molecular flexibility index (Phi) is 3.48. The Morgan fingerprint density at radius 2 is 1.54 bits per heavy atom. The molecule has 0 aliphatic heterocycles. The minimum absolute atomic E-state index is 0.0737. The zero-order valence-electron chi connectivity index (χ0n) is 13.5. The zero-order valence-corrected chi connectivity index (χ0v) is 13.5. The average molecular weight is 321 g/mol. The Labute approximate surface area is 140 Å². The van der Waals surface area contributed by atoms with Crippen LogP contribution in [0.4, 0.5) is 5.69 Å². The maximum Gasteiger partial charge on any atom is 0.269 e. The molecule has 2 aromatic rings. The third-order valence-electron chi connectivity index (χ3n) is 5.58. The number of hydrogen-bond donors (Lipinski definition) is 0. The maximum atomic E-state index is 13.4. The van der Waals surface area contributed by atoms with Crippen LogP contribution in [0.1, 0.15) is 54.4 Å². The monoisotopic (exact) mass is 321 g/mol. The van der Waals surface area contributed by atoms with Gasteiger partial charge < -0.3 is 0 Å². The van der Waals surface area contributed by atoms with Gasteiger partial charge in [-0.25, -0.2) is 0 Å². The molecule has 1 fully saturated rings. The fourth-order valence-electron chi connectivity index (χ4n) is 4.40. The van der Waals surface area contributed by atoms with E-state index in [1.54, 1.807) is 12.1 Å². The summed E-state index contributed by atoms with van der Waals surface area (Å²) >= 11 is 0. The summed E-state index contributed by atoms with van der Waals surface area (Å²) in [6.07, 6.45) is 5.82. The van der Waals surface area contributed by atoms with Gasteiger partial charge in [-0.3, -0.25) is 14.9 Å². The van der Waals surface area contributed by atoms with E-state index in [0.29, 0.717) is 0 Å². The number of Topliss-reactive ketones (excluding diaryl/α,β-unsaturated/α-hetero) is 1. The fourth-order valence-corrected chi connectivity index (χ4v) is 4.40. The van der Waals surface area contributed by atoms with Crippen molar-refractivity contribution < 1.29 is 9.72 Å². The molecule has 24 heavy (non-hydrogen) atoms. The molecule has 0 N–H and O–H groups in total. The van der Waals surface area contributed by atoms with Crippen molar-refractivity contribution in [3.63, 3.8) is 0 Å². The van der Waals surface area contributed by atoms with Gasteiger partial charge in [0.2, 0.25) is 0 Å². The number of carbonyl (C=O) groups excluding carboxylic acids is 1. The summed E-state index contributed by atoms with van der Waals surface area (Å²) in [4.78, 5) is 24.3. The van der Waals surface area contributed by atoms with Crippen molar-refractivity contribution in [3.8, 4) is 11.1 Å². The number of nitro benzene ring substituents is 1. The normalized spacial score (nSPS) is 18.6. The lowest BCUT2D eigenvalue weighted by Crippen LogP contribution is -2.39. The Morgan fingerprint density at radius 1 is 0.875 bits per heavy atom. The van der Waals surface area contributed by atoms with Gasteiger partial charge in [-0.05, 0) is 35.6 Å². The molecule has 2 aliphatic carbocycles. The van der Waals surface area contributed by atoms with E-state index in [1.165, 1.54) is 0 Å². The lowest BCUT2D eigenvalue weighted by Gasteiger charge is -2.38. The number of rotatable bonds is 1. The molecule has 4 rings (SSSR count). The molecule has 0 heterocycles. The molecule has 122 valence electrons. The molecule has 0 radical (unpaired) electrons. The highest BCUT2D eigenvalue weighted by molar-refractivity contribution is 6.13. The maximum absolute atomic E-state index is 13.4. The third kappa shape index (κ3) is 2.09. The first-order valence-electron chi connectivity index (χ1n) is 8.57. The standard InChI is InChI=1S/C20H19NO3/c22-19-17-8-4-3-7-15(17)16-10-9-14(21(23)24)13-18(16)20(19)11-5-1-2-6-12-20/h3-4,7-10,13H,1-2,5-6,11-12H2. The van der Waals surface area contributed by atoms with Crippen molar-refractivity contribution in [2.24, 2.45) is 0 Å². The molecule has 0 amide bonds. The third-order valence-corrected chi connectivity index (χ3v) is 5.58. The van der Waals surface area contributed by atoms with Gasteiger partial charge in [-0.2, -0.15) is 0 Å². The Bertz CT molecular complexity index is 833. The fraction of sp³-hybridized carbons (Fsp3) is 0.350.